The summed E-state index contributed by atoms with van der Waals surface area (Å²) in [4.78, 5) is 9.37. The van der Waals surface area contributed by atoms with Gasteiger partial charge in [-0.3, -0.25) is 4.99 Å². The largest absolute Gasteiger partial charge is 0.356 e. The minimum Gasteiger partial charge on any atom is -0.356 e. The molecule has 0 aromatic heterocycles. The van der Waals surface area contributed by atoms with E-state index in [4.69, 9.17) is 0 Å². The van der Waals surface area contributed by atoms with E-state index in [1.54, 1.807) is 5.57 Å². The molecule has 3 rings (SSSR count). The van der Waals surface area contributed by atoms with Gasteiger partial charge in [0, 0.05) is 26.7 Å². The zero-order chi connectivity index (χ0) is 18.2. The van der Waals surface area contributed by atoms with Crippen molar-refractivity contribution in [2.75, 3.05) is 46.8 Å². The topological polar surface area (TPSA) is 30.9 Å². The molecule has 2 aliphatic heterocycles. The number of piperidine rings is 2. The molecule has 27 heavy (non-hydrogen) atoms. The number of nitrogens with zero attached hydrogens (tertiary/aromatic N) is 3. The molecule has 1 aromatic rings. The van der Waals surface area contributed by atoms with Gasteiger partial charge in [-0.25, -0.2) is 0 Å². The van der Waals surface area contributed by atoms with Crippen LogP contribution in [0.25, 0.3) is 6.08 Å². The normalized spacial score (nSPS) is 19.6. The third kappa shape index (κ3) is 7.11. The maximum absolute atomic E-state index is 4.52. The fraction of sp³-hybridized carbons (Fsp3) is 0.591. The van der Waals surface area contributed by atoms with Gasteiger partial charge in [-0.15, -0.1) is 24.0 Å². The Morgan fingerprint density at radius 2 is 1.78 bits per heavy atom. The molecule has 1 N–H and O–H groups in total. The van der Waals surface area contributed by atoms with Crippen LogP contribution in [0.2, 0.25) is 0 Å². The van der Waals surface area contributed by atoms with Crippen molar-refractivity contribution in [3.8, 4) is 0 Å². The minimum absolute atomic E-state index is 0. The second-order valence-electron chi connectivity index (χ2n) is 7.71. The molecule has 0 radical (unpaired) electrons. The molecule has 0 spiro atoms. The first-order chi connectivity index (χ1) is 12.7. The van der Waals surface area contributed by atoms with Crippen molar-refractivity contribution in [3.05, 3.63) is 41.5 Å². The summed E-state index contributed by atoms with van der Waals surface area (Å²) in [7, 11) is 4.14. The van der Waals surface area contributed by atoms with Crippen molar-refractivity contribution in [1.82, 2.24) is 15.1 Å². The van der Waals surface area contributed by atoms with E-state index in [-0.39, 0.29) is 24.0 Å². The monoisotopic (exact) mass is 482 g/mol. The Morgan fingerprint density at radius 1 is 1.11 bits per heavy atom. The first-order valence-corrected chi connectivity index (χ1v) is 10.1. The quantitative estimate of drug-likeness (QED) is 0.399. The third-order valence-corrected chi connectivity index (χ3v) is 5.76. The maximum Gasteiger partial charge on any atom is 0.193 e. The Kier molecular flexibility index (Phi) is 9.62. The van der Waals surface area contributed by atoms with Crippen molar-refractivity contribution in [2.45, 2.75) is 32.1 Å². The highest BCUT2D eigenvalue weighted by Gasteiger charge is 2.19. The Hall–Kier alpha value is -1.08. The summed E-state index contributed by atoms with van der Waals surface area (Å²) in [6, 6.07) is 10.7. The molecular formula is C22H35IN4. The van der Waals surface area contributed by atoms with Gasteiger partial charge in [0.1, 0.15) is 0 Å². The van der Waals surface area contributed by atoms with Crippen molar-refractivity contribution >= 4 is 36.0 Å². The number of likely N-dealkylation sites (tertiary alicyclic amines) is 2. The fourth-order valence-corrected chi connectivity index (χ4v) is 4.01. The number of hydrogen-bond acceptors (Lipinski definition) is 2. The van der Waals surface area contributed by atoms with Gasteiger partial charge in [0.2, 0.25) is 0 Å². The van der Waals surface area contributed by atoms with Crippen LogP contribution in [0.1, 0.15) is 37.7 Å². The van der Waals surface area contributed by atoms with Gasteiger partial charge in [-0.2, -0.15) is 0 Å². The van der Waals surface area contributed by atoms with E-state index < -0.39 is 0 Å². The number of benzene rings is 1. The summed E-state index contributed by atoms with van der Waals surface area (Å²) >= 11 is 0. The van der Waals surface area contributed by atoms with E-state index in [0.717, 1.165) is 44.4 Å². The molecule has 2 heterocycles. The van der Waals surface area contributed by atoms with Crippen LogP contribution < -0.4 is 5.32 Å². The van der Waals surface area contributed by atoms with Crippen molar-refractivity contribution in [3.63, 3.8) is 0 Å². The number of nitrogens with one attached hydrogen (secondary N) is 1. The van der Waals surface area contributed by atoms with Crippen LogP contribution in [0, 0.1) is 5.92 Å². The average Bonchev–Trinajstić information content (AvgIpc) is 2.68. The molecule has 4 nitrogen and oxygen atoms in total. The summed E-state index contributed by atoms with van der Waals surface area (Å²) in [5.74, 6) is 1.95. The van der Waals surface area contributed by atoms with Gasteiger partial charge in [-0.05, 0) is 63.7 Å². The number of hydrogen-bond donors (Lipinski definition) is 1. The predicted molar refractivity (Wildman–Crippen MR) is 127 cm³/mol. The Morgan fingerprint density at radius 3 is 2.41 bits per heavy atom. The van der Waals surface area contributed by atoms with Gasteiger partial charge < -0.3 is 15.1 Å². The Bertz CT molecular complexity index is 596. The van der Waals surface area contributed by atoms with E-state index in [2.05, 4.69) is 63.6 Å². The molecule has 1 aromatic carbocycles. The van der Waals surface area contributed by atoms with E-state index >= 15 is 0 Å². The average molecular weight is 482 g/mol. The number of halogens is 1. The first kappa shape index (κ1) is 22.2. The van der Waals surface area contributed by atoms with E-state index in [0.29, 0.717) is 0 Å². The summed E-state index contributed by atoms with van der Waals surface area (Å²) in [6.45, 7) is 5.67. The van der Waals surface area contributed by atoms with Gasteiger partial charge >= 0.3 is 0 Å². The lowest BCUT2D eigenvalue weighted by atomic mass is 9.94. The zero-order valence-electron chi connectivity index (χ0n) is 16.9. The summed E-state index contributed by atoms with van der Waals surface area (Å²) in [6.07, 6.45) is 8.56. The second-order valence-corrected chi connectivity index (χ2v) is 7.71. The van der Waals surface area contributed by atoms with Crippen LogP contribution in [-0.2, 0) is 0 Å². The molecule has 5 heteroatoms. The van der Waals surface area contributed by atoms with E-state index in [9.17, 15) is 0 Å². The lowest BCUT2D eigenvalue weighted by molar-refractivity contribution is 0.212. The highest BCUT2D eigenvalue weighted by atomic mass is 127. The van der Waals surface area contributed by atoms with E-state index in [1.165, 1.54) is 37.9 Å². The molecule has 0 amide bonds. The summed E-state index contributed by atoms with van der Waals surface area (Å²) in [5.41, 5.74) is 2.87. The summed E-state index contributed by atoms with van der Waals surface area (Å²) < 4.78 is 0. The van der Waals surface area contributed by atoms with E-state index in [1.807, 2.05) is 7.05 Å². The molecule has 2 aliphatic rings. The highest BCUT2D eigenvalue weighted by molar-refractivity contribution is 14.0. The van der Waals surface area contributed by atoms with Crippen LogP contribution in [0.3, 0.4) is 0 Å². The van der Waals surface area contributed by atoms with Gasteiger partial charge in [0.25, 0.3) is 0 Å². The Balaban J connectivity index is 0.00000261. The second kappa shape index (κ2) is 11.7. The number of rotatable bonds is 4. The number of guanidine groups is 1. The molecule has 0 saturated carbocycles. The van der Waals surface area contributed by atoms with Gasteiger partial charge in [0.05, 0.1) is 0 Å². The SMILES string of the molecule is CN=C(NCCC1CCN(C)CC1)N1CCC(=Cc2ccccc2)CC1.I. The lowest BCUT2D eigenvalue weighted by Gasteiger charge is -2.32. The molecule has 0 aliphatic carbocycles. The first-order valence-electron chi connectivity index (χ1n) is 10.1. The van der Waals surface area contributed by atoms with Crippen molar-refractivity contribution < 1.29 is 0 Å². The Labute approximate surface area is 182 Å². The van der Waals surface area contributed by atoms with Crippen LogP contribution in [0.15, 0.2) is 40.9 Å². The smallest absolute Gasteiger partial charge is 0.193 e. The molecular weight excluding hydrogens is 447 g/mol. The fourth-order valence-electron chi connectivity index (χ4n) is 4.01. The molecule has 0 unspecified atom stereocenters. The number of aliphatic imine (C=N–C) groups is 1. The van der Waals surface area contributed by atoms with Crippen molar-refractivity contribution in [1.29, 1.82) is 0 Å². The third-order valence-electron chi connectivity index (χ3n) is 5.76. The van der Waals surface area contributed by atoms with Crippen molar-refractivity contribution in [2.24, 2.45) is 10.9 Å². The van der Waals surface area contributed by atoms with Crippen LogP contribution in [0.4, 0.5) is 0 Å². The van der Waals surface area contributed by atoms with Gasteiger partial charge in [0.15, 0.2) is 5.96 Å². The van der Waals surface area contributed by atoms with Crippen LogP contribution >= 0.6 is 24.0 Å². The minimum atomic E-state index is 0. The predicted octanol–water partition coefficient (Wildman–Crippen LogP) is 4.09. The maximum atomic E-state index is 4.52. The zero-order valence-corrected chi connectivity index (χ0v) is 19.2. The molecule has 0 bridgehead atoms. The molecule has 2 saturated heterocycles. The molecule has 150 valence electrons. The molecule has 0 atom stereocenters. The highest BCUT2D eigenvalue weighted by Crippen LogP contribution is 2.20. The van der Waals surface area contributed by atoms with Crippen LogP contribution in [-0.4, -0.2) is 62.6 Å². The van der Waals surface area contributed by atoms with Crippen LogP contribution in [0.5, 0.6) is 0 Å². The molecule has 2 fully saturated rings. The standard InChI is InChI=1S/C22H34N4.HI/c1-23-22(24-13-8-19-9-14-25(2)15-10-19)26-16-11-21(12-17-26)18-20-6-4-3-5-7-20;/h3-7,18-19H,8-17H2,1-2H3,(H,23,24);1H. The lowest BCUT2D eigenvalue weighted by Crippen LogP contribution is -2.45. The summed E-state index contributed by atoms with van der Waals surface area (Å²) in [5, 5.41) is 3.61. The van der Waals surface area contributed by atoms with Gasteiger partial charge in [-0.1, -0.05) is 42.0 Å².